The molecule has 4 amide bonds. The lowest BCUT2D eigenvalue weighted by Gasteiger charge is -2.38. The molecule has 3 aliphatic heterocycles. The number of aromatic amines is 1. The van der Waals surface area contributed by atoms with Crippen LogP contribution in [0.25, 0.3) is 0 Å². The topological polar surface area (TPSA) is 102 Å². The third-order valence-electron chi connectivity index (χ3n) is 7.78. The Bertz CT molecular complexity index is 1170. The number of benzene rings is 1. The van der Waals surface area contributed by atoms with Gasteiger partial charge >= 0.3 is 6.03 Å². The fourth-order valence-corrected chi connectivity index (χ4v) is 6.94. The number of carbonyl (C=O) groups is 3. The molecule has 208 valence electrons. The number of nitrogens with one attached hydrogen (secondary N) is 2. The summed E-state index contributed by atoms with van der Waals surface area (Å²) >= 11 is 1.54. The molecule has 10 heteroatoms. The number of hydrogen-bond acceptors (Lipinski definition) is 5. The molecule has 5 rings (SSSR count). The zero-order chi connectivity index (χ0) is 26.9. The van der Waals surface area contributed by atoms with E-state index in [9.17, 15) is 14.4 Å². The van der Waals surface area contributed by atoms with Gasteiger partial charge in [0, 0.05) is 47.2 Å². The van der Waals surface area contributed by atoms with Crippen LogP contribution in [0.1, 0.15) is 65.9 Å². The summed E-state index contributed by atoms with van der Waals surface area (Å²) in [6.07, 6.45) is 6.79. The number of aromatic nitrogens is 2. The molecule has 1 aromatic carbocycles. The minimum atomic E-state index is -0.400. The maximum atomic E-state index is 13.4. The van der Waals surface area contributed by atoms with E-state index in [4.69, 9.17) is 0 Å². The first-order chi connectivity index (χ1) is 18.2. The molecule has 0 aliphatic carbocycles. The standard InChI is InChI=1S/C28H38N6O3S.2H2/c1-28(2,3)11-15-34-25(36)23(38-26(34)22-17-29-18-30-22)16-24(35)32-12-9-20(10-13-32)33-14-8-19-6-4-5-7-21(19)31-27(33)37;;/h4-7,17-18,20,23,26H,8-16H2,1-3H3,(H,29,30)(H,31,37);2*1H. The number of H-pyrrole nitrogens is 1. The van der Waals surface area contributed by atoms with Crippen molar-refractivity contribution in [2.24, 2.45) is 5.41 Å². The quantitative estimate of drug-likeness (QED) is 0.549. The number of para-hydroxylation sites is 1. The number of imidazole rings is 1. The second kappa shape index (κ2) is 11.0. The van der Waals surface area contributed by atoms with E-state index in [-0.39, 0.29) is 44.0 Å². The van der Waals surface area contributed by atoms with Crippen molar-refractivity contribution in [2.45, 2.75) is 69.5 Å². The van der Waals surface area contributed by atoms with E-state index in [1.165, 1.54) is 0 Å². The average molecular weight is 543 g/mol. The van der Waals surface area contributed by atoms with E-state index in [0.717, 1.165) is 42.6 Å². The summed E-state index contributed by atoms with van der Waals surface area (Å²) in [5.74, 6) is 0.0472. The predicted molar refractivity (Wildman–Crippen MR) is 153 cm³/mol. The molecule has 0 radical (unpaired) electrons. The van der Waals surface area contributed by atoms with Crippen LogP contribution in [0.4, 0.5) is 10.5 Å². The second-order valence-electron chi connectivity index (χ2n) is 11.7. The molecular formula is C28H42N6O3S. The van der Waals surface area contributed by atoms with Crippen LogP contribution >= 0.6 is 11.8 Å². The van der Waals surface area contributed by atoms with Crippen molar-refractivity contribution in [1.29, 1.82) is 0 Å². The molecule has 2 N–H and O–H groups in total. The van der Waals surface area contributed by atoms with Crippen molar-refractivity contribution in [1.82, 2.24) is 24.7 Å². The van der Waals surface area contributed by atoms with Crippen molar-refractivity contribution in [3.63, 3.8) is 0 Å². The van der Waals surface area contributed by atoms with Crippen molar-refractivity contribution in [3.05, 3.63) is 48.0 Å². The molecule has 38 heavy (non-hydrogen) atoms. The summed E-state index contributed by atoms with van der Waals surface area (Å²) in [7, 11) is 0. The van der Waals surface area contributed by atoms with Gasteiger partial charge in [0.1, 0.15) is 5.37 Å². The highest BCUT2D eigenvalue weighted by Crippen LogP contribution is 2.44. The van der Waals surface area contributed by atoms with Gasteiger partial charge < -0.3 is 25.0 Å². The maximum Gasteiger partial charge on any atom is 0.322 e. The summed E-state index contributed by atoms with van der Waals surface area (Å²) in [6, 6.07) is 7.99. The number of carbonyl (C=O) groups excluding carboxylic acids is 3. The Labute approximate surface area is 231 Å². The first-order valence-corrected chi connectivity index (χ1v) is 14.5. The van der Waals surface area contributed by atoms with Gasteiger partial charge in [0.25, 0.3) is 0 Å². The van der Waals surface area contributed by atoms with E-state index in [2.05, 4.69) is 42.1 Å². The Morgan fingerprint density at radius 3 is 2.63 bits per heavy atom. The van der Waals surface area contributed by atoms with Crippen LogP contribution in [-0.2, 0) is 16.0 Å². The Hall–Kier alpha value is -3.01. The van der Waals surface area contributed by atoms with Gasteiger partial charge in [-0.05, 0) is 42.7 Å². The van der Waals surface area contributed by atoms with Gasteiger partial charge in [0.05, 0.1) is 23.5 Å². The molecule has 2 unspecified atom stereocenters. The minimum Gasteiger partial charge on any atom is -0.346 e. The second-order valence-corrected chi connectivity index (χ2v) is 13.0. The van der Waals surface area contributed by atoms with Crippen molar-refractivity contribution in [3.8, 4) is 0 Å². The highest BCUT2D eigenvalue weighted by molar-refractivity contribution is 8.01. The van der Waals surface area contributed by atoms with Gasteiger partial charge in [-0.2, -0.15) is 0 Å². The lowest BCUT2D eigenvalue weighted by atomic mass is 9.92. The highest BCUT2D eigenvalue weighted by atomic mass is 32.2. The van der Waals surface area contributed by atoms with Gasteiger partial charge in [-0.25, -0.2) is 9.78 Å². The molecule has 1 aromatic heterocycles. The summed E-state index contributed by atoms with van der Waals surface area (Å²) in [5.41, 5.74) is 3.04. The number of anilines is 1. The fourth-order valence-electron chi connectivity index (χ4n) is 5.50. The van der Waals surface area contributed by atoms with E-state index in [1.54, 1.807) is 24.3 Å². The van der Waals surface area contributed by atoms with Crippen molar-refractivity contribution < 1.29 is 17.2 Å². The monoisotopic (exact) mass is 542 g/mol. The van der Waals surface area contributed by atoms with Crippen LogP contribution in [0.2, 0.25) is 0 Å². The smallest absolute Gasteiger partial charge is 0.322 e. The Balaban J connectivity index is 0.00000220. The van der Waals surface area contributed by atoms with Crippen LogP contribution < -0.4 is 5.32 Å². The van der Waals surface area contributed by atoms with E-state index >= 15 is 0 Å². The molecular weight excluding hydrogens is 500 g/mol. The molecule has 0 bridgehead atoms. The molecule has 2 fully saturated rings. The Morgan fingerprint density at radius 1 is 1.16 bits per heavy atom. The SMILES string of the molecule is CC(C)(C)CCN1C(=O)C(CC(=O)N2CCC(N3CCc4ccccc4NC3=O)CC2)SC1c1cnc[nH]1.[HH].[HH]. The Kier molecular flexibility index (Phi) is 7.70. The molecule has 2 atom stereocenters. The zero-order valence-electron chi connectivity index (χ0n) is 22.5. The van der Waals surface area contributed by atoms with Crippen molar-refractivity contribution >= 4 is 35.3 Å². The third-order valence-corrected chi connectivity index (χ3v) is 9.25. The third kappa shape index (κ3) is 5.85. The largest absolute Gasteiger partial charge is 0.346 e. The van der Waals surface area contributed by atoms with Crippen LogP contribution in [0.3, 0.4) is 0 Å². The molecule has 3 aliphatic rings. The number of nitrogens with zero attached hydrogens (tertiary/aromatic N) is 4. The van der Waals surface area contributed by atoms with Gasteiger partial charge in [-0.15, -0.1) is 11.8 Å². The number of hydrogen-bond donors (Lipinski definition) is 2. The fraction of sp³-hybridized carbons (Fsp3) is 0.571. The van der Waals surface area contributed by atoms with Crippen LogP contribution in [0.15, 0.2) is 36.8 Å². The number of likely N-dealkylation sites (tertiary alicyclic amines) is 1. The summed E-state index contributed by atoms with van der Waals surface area (Å²) in [6.45, 7) is 9.04. The minimum absolute atomic E-state index is 0. The van der Waals surface area contributed by atoms with Gasteiger partial charge in [0.15, 0.2) is 0 Å². The molecule has 0 spiro atoms. The van der Waals surface area contributed by atoms with E-state index < -0.39 is 5.25 Å². The summed E-state index contributed by atoms with van der Waals surface area (Å²) in [4.78, 5) is 52.6. The average Bonchev–Trinajstić information content (AvgIpc) is 3.48. The zero-order valence-corrected chi connectivity index (χ0v) is 23.3. The lowest BCUT2D eigenvalue weighted by molar-refractivity contribution is -0.137. The molecule has 2 saturated heterocycles. The number of amides is 4. The van der Waals surface area contributed by atoms with Crippen LogP contribution in [0, 0.1) is 5.41 Å². The first-order valence-electron chi connectivity index (χ1n) is 13.6. The number of urea groups is 1. The maximum absolute atomic E-state index is 13.4. The van der Waals surface area contributed by atoms with Crippen LogP contribution in [-0.4, -0.2) is 80.0 Å². The number of fused-ring (bicyclic) bond motifs is 1. The van der Waals surface area contributed by atoms with Crippen molar-refractivity contribution in [2.75, 3.05) is 31.5 Å². The summed E-state index contributed by atoms with van der Waals surface area (Å²) in [5, 5.41) is 2.50. The molecule has 4 heterocycles. The normalized spacial score (nSPS) is 22.9. The first kappa shape index (κ1) is 26.6. The van der Waals surface area contributed by atoms with Gasteiger partial charge in [-0.3, -0.25) is 9.59 Å². The van der Waals surface area contributed by atoms with Gasteiger partial charge in [-0.1, -0.05) is 39.0 Å². The summed E-state index contributed by atoms with van der Waals surface area (Å²) < 4.78 is 0. The number of piperidine rings is 1. The van der Waals surface area contributed by atoms with Gasteiger partial charge in [0.2, 0.25) is 11.8 Å². The number of thioether (sulfide) groups is 1. The predicted octanol–water partition coefficient (Wildman–Crippen LogP) is 4.75. The van der Waals surface area contributed by atoms with E-state index in [1.807, 2.05) is 32.9 Å². The van der Waals surface area contributed by atoms with E-state index in [0.29, 0.717) is 26.2 Å². The Morgan fingerprint density at radius 2 is 1.92 bits per heavy atom. The molecule has 9 nitrogen and oxygen atoms in total. The highest BCUT2D eigenvalue weighted by Gasteiger charge is 2.43. The molecule has 2 aromatic rings. The van der Waals surface area contributed by atoms with Crippen LogP contribution in [0.5, 0.6) is 0 Å². The lowest BCUT2D eigenvalue weighted by Crippen LogP contribution is -2.50. The number of rotatable bonds is 6. The molecule has 0 saturated carbocycles.